The Kier molecular flexibility index (Phi) is 6.01. The van der Waals surface area contributed by atoms with Crippen molar-refractivity contribution in [2.75, 3.05) is 12.4 Å². The van der Waals surface area contributed by atoms with Gasteiger partial charge in [0.25, 0.3) is 0 Å². The second-order valence-electron chi connectivity index (χ2n) is 7.54. The highest BCUT2D eigenvalue weighted by Crippen LogP contribution is 2.33. The summed E-state index contributed by atoms with van der Waals surface area (Å²) in [7, 11) is -2.28. The number of rotatable bonds is 7. The van der Waals surface area contributed by atoms with E-state index in [2.05, 4.69) is 10.3 Å². The fourth-order valence-electron chi connectivity index (χ4n) is 3.17. The monoisotopic (exact) mass is 448 g/mol. The van der Waals surface area contributed by atoms with E-state index in [0.717, 1.165) is 22.4 Å². The molecule has 0 aliphatic carbocycles. The summed E-state index contributed by atoms with van der Waals surface area (Å²) < 4.78 is 37.9. The Labute approximate surface area is 187 Å². The van der Waals surface area contributed by atoms with E-state index in [0.29, 0.717) is 12.1 Å². The van der Waals surface area contributed by atoms with Crippen molar-refractivity contribution in [2.24, 2.45) is 0 Å². The quantitative estimate of drug-likeness (QED) is 0.407. The molecule has 0 unspecified atom stereocenters. The lowest BCUT2D eigenvalue weighted by molar-refractivity contribution is 0.414. The molecule has 7 heteroatoms. The molecule has 0 fully saturated rings. The molecule has 0 bridgehead atoms. The normalized spacial score (nSPS) is 11.3. The van der Waals surface area contributed by atoms with Crippen LogP contribution in [0.3, 0.4) is 0 Å². The van der Waals surface area contributed by atoms with Crippen molar-refractivity contribution < 1.29 is 17.6 Å². The standard InChI is InChI=1S/C25H24N2O4S/c1-17-4-10-20(11-5-17)23-27-25(32(28,29)22-14-6-18(2)7-15-22)24(31-23)26-16-19-8-12-21(30-3)13-9-19/h4-15,26H,16H2,1-3H3. The van der Waals surface area contributed by atoms with Crippen LogP contribution in [-0.4, -0.2) is 20.5 Å². The molecule has 0 spiro atoms. The maximum absolute atomic E-state index is 13.4. The first kappa shape index (κ1) is 21.6. The van der Waals surface area contributed by atoms with Gasteiger partial charge in [-0.1, -0.05) is 47.5 Å². The van der Waals surface area contributed by atoms with Gasteiger partial charge in [0.05, 0.1) is 12.0 Å². The number of anilines is 1. The summed E-state index contributed by atoms with van der Waals surface area (Å²) >= 11 is 0. The van der Waals surface area contributed by atoms with E-state index in [1.807, 2.05) is 62.4 Å². The highest BCUT2D eigenvalue weighted by molar-refractivity contribution is 7.91. The molecule has 32 heavy (non-hydrogen) atoms. The molecule has 0 radical (unpaired) electrons. The van der Waals surface area contributed by atoms with Crippen LogP contribution < -0.4 is 10.1 Å². The van der Waals surface area contributed by atoms with Gasteiger partial charge in [0.1, 0.15) is 5.75 Å². The van der Waals surface area contributed by atoms with Crippen molar-refractivity contribution in [3.05, 3.63) is 89.5 Å². The summed E-state index contributed by atoms with van der Waals surface area (Å²) in [5, 5.41) is 2.97. The van der Waals surface area contributed by atoms with Crippen LogP contribution in [0.4, 0.5) is 5.88 Å². The number of sulfone groups is 1. The van der Waals surface area contributed by atoms with Gasteiger partial charge < -0.3 is 14.5 Å². The summed E-state index contributed by atoms with van der Waals surface area (Å²) in [6, 6.07) is 21.8. The SMILES string of the molecule is COc1ccc(CNc2oc(-c3ccc(C)cc3)nc2S(=O)(=O)c2ccc(C)cc2)cc1. The minimum absolute atomic E-state index is 0.108. The number of nitrogens with zero attached hydrogens (tertiary/aromatic N) is 1. The molecule has 4 rings (SSSR count). The number of nitrogens with one attached hydrogen (secondary N) is 1. The fourth-order valence-corrected chi connectivity index (χ4v) is 4.45. The van der Waals surface area contributed by atoms with Crippen LogP contribution in [0.2, 0.25) is 0 Å². The molecule has 0 aliphatic rings. The van der Waals surface area contributed by atoms with Gasteiger partial charge >= 0.3 is 0 Å². The highest BCUT2D eigenvalue weighted by atomic mass is 32.2. The molecule has 0 amide bonds. The number of benzene rings is 3. The maximum Gasteiger partial charge on any atom is 0.234 e. The van der Waals surface area contributed by atoms with Gasteiger partial charge in [-0.25, -0.2) is 8.42 Å². The Bertz CT molecular complexity index is 1310. The lowest BCUT2D eigenvalue weighted by Crippen LogP contribution is -2.07. The van der Waals surface area contributed by atoms with Crippen LogP contribution in [-0.2, 0) is 16.4 Å². The predicted octanol–water partition coefficient (Wildman–Crippen LogP) is 5.41. The summed E-state index contributed by atoms with van der Waals surface area (Å²) in [4.78, 5) is 4.55. The molecule has 1 aromatic heterocycles. The number of methoxy groups -OCH3 is 1. The number of aromatic nitrogens is 1. The molecule has 0 aliphatic heterocycles. The van der Waals surface area contributed by atoms with E-state index < -0.39 is 9.84 Å². The fraction of sp³-hybridized carbons (Fsp3) is 0.160. The second kappa shape index (κ2) is 8.88. The minimum Gasteiger partial charge on any atom is -0.497 e. The molecular weight excluding hydrogens is 424 g/mol. The van der Waals surface area contributed by atoms with Crippen LogP contribution in [0.25, 0.3) is 11.5 Å². The smallest absolute Gasteiger partial charge is 0.234 e. The third kappa shape index (κ3) is 4.53. The summed E-state index contributed by atoms with van der Waals surface area (Å²) in [6.07, 6.45) is 0. The summed E-state index contributed by atoms with van der Waals surface area (Å²) in [5.41, 5.74) is 3.71. The first-order valence-corrected chi connectivity index (χ1v) is 11.6. The van der Waals surface area contributed by atoms with E-state index >= 15 is 0 Å². The number of ether oxygens (including phenoxy) is 1. The zero-order valence-corrected chi connectivity index (χ0v) is 18.9. The third-order valence-electron chi connectivity index (χ3n) is 5.09. The Hall–Kier alpha value is -3.58. The maximum atomic E-state index is 13.4. The lowest BCUT2D eigenvalue weighted by Gasteiger charge is -2.07. The van der Waals surface area contributed by atoms with Gasteiger partial charge in [0, 0.05) is 12.1 Å². The number of hydrogen-bond acceptors (Lipinski definition) is 6. The van der Waals surface area contributed by atoms with E-state index in [-0.39, 0.29) is 21.7 Å². The second-order valence-corrected chi connectivity index (χ2v) is 9.40. The van der Waals surface area contributed by atoms with E-state index in [1.54, 1.807) is 31.4 Å². The first-order chi connectivity index (χ1) is 15.4. The van der Waals surface area contributed by atoms with Crippen molar-refractivity contribution in [1.82, 2.24) is 4.98 Å². The molecule has 6 nitrogen and oxygen atoms in total. The van der Waals surface area contributed by atoms with Crippen LogP contribution in [0.15, 0.2) is 87.1 Å². The van der Waals surface area contributed by atoms with E-state index in [1.165, 1.54) is 0 Å². The largest absolute Gasteiger partial charge is 0.497 e. The van der Waals surface area contributed by atoms with Gasteiger partial charge in [-0.05, 0) is 55.8 Å². The van der Waals surface area contributed by atoms with Crippen molar-refractivity contribution in [1.29, 1.82) is 0 Å². The molecule has 1 N–H and O–H groups in total. The zero-order valence-electron chi connectivity index (χ0n) is 18.1. The minimum atomic E-state index is -3.88. The van der Waals surface area contributed by atoms with Gasteiger partial charge in [0.15, 0.2) is 0 Å². The van der Waals surface area contributed by atoms with Gasteiger partial charge in [-0.3, -0.25) is 0 Å². The van der Waals surface area contributed by atoms with Crippen LogP contribution >= 0.6 is 0 Å². The molecular formula is C25H24N2O4S. The topological polar surface area (TPSA) is 81.4 Å². The summed E-state index contributed by atoms with van der Waals surface area (Å²) in [5.74, 6) is 1.10. The van der Waals surface area contributed by atoms with Crippen molar-refractivity contribution in [3.63, 3.8) is 0 Å². The summed E-state index contributed by atoms with van der Waals surface area (Å²) in [6.45, 7) is 4.25. The average Bonchev–Trinajstić information content (AvgIpc) is 3.24. The Morgan fingerprint density at radius 1 is 0.875 bits per heavy atom. The van der Waals surface area contributed by atoms with Crippen molar-refractivity contribution in [3.8, 4) is 17.2 Å². The molecule has 1 heterocycles. The first-order valence-electron chi connectivity index (χ1n) is 10.1. The molecule has 3 aromatic carbocycles. The van der Waals surface area contributed by atoms with E-state index in [4.69, 9.17) is 9.15 Å². The number of oxazole rings is 1. The molecule has 164 valence electrons. The predicted molar refractivity (Wildman–Crippen MR) is 124 cm³/mol. The van der Waals surface area contributed by atoms with Crippen LogP contribution in [0.1, 0.15) is 16.7 Å². The third-order valence-corrected chi connectivity index (χ3v) is 6.77. The van der Waals surface area contributed by atoms with E-state index in [9.17, 15) is 8.42 Å². The zero-order chi connectivity index (χ0) is 22.7. The lowest BCUT2D eigenvalue weighted by atomic mass is 10.1. The Balaban J connectivity index is 1.72. The van der Waals surface area contributed by atoms with Crippen molar-refractivity contribution in [2.45, 2.75) is 30.3 Å². The number of hydrogen-bond donors (Lipinski definition) is 1. The van der Waals surface area contributed by atoms with Crippen LogP contribution in [0.5, 0.6) is 5.75 Å². The van der Waals surface area contributed by atoms with Gasteiger partial charge in [0.2, 0.25) is 26.6 Å². The molecule has 0 saturated carbocycles. The number of aryl methyl sites for hydroxylation is 2. The highest BCUT2D eigenvalue weighted by Gasteiger charge is 2.28. The van der Waals surface area contributed by atoms with Gasteiger partial charge in [-0.15, -0.1) is 0 Å². The van der Waals surface area contributed by atoms with Gasteiger partial charge in [-0.2, -0.15) is 4.98 Å². The Morgan fingerprint density at radius 3 is 2.06 bits per heavy atom. The molecule has 0 saturated heterocycles. The van der Waals surface area contributed by atoms with Crippen LogP contribution in [0, 0.1) is 13.8 Å². The Morgan fingerprint density at radius 2 is 1.47 bits per heavy atom. The molecule has 4 aromatic rings. The van der Waals surface area contributed by atoms with Crippen molar-refractivity contribution >= 4 is 15.7 Å². The molecule has 0 atom stereocenters. The average molecular weight is 449 g/mol.